The van der Waals surface area contributed by atoms with Crippen molar-refractivity contribution in [2.45, 2.75) is 25.8 Å². The molecule has 0 aliphatic carbocycles. The first-order valence-electron chi connectivity index (χ1n) is 6.02. The fraction of sp³-hybridized carbons (Fsp3) is 0.818. The minimum atomic E-state index is -0.409. The Morgan fingerprint density at radius 2 is 2.00 bits per heavy atom. The van der Waals surface area contributed by atoms with Crippen molar-refractivity contribution in [3.05, 3.63) is 0 Å². The van der Waals surface area contributed by atoms with E-state index in [1.165, 1.54) is 0 Å². The molecule has 1 saturated heterocycles. The lowest BCUT2D eigenvalue weighted by molar-refractivity contribution is -0.145. The summed E-state index contributed by atoms with van der Waals surface area (Å²) in [5.74, 6) is -0.708. The molecule has 1 fully saturated rings. The van der Waals surface area contributed by atoms with Crippen LogP contribution in [-0.4, -0.2) is 55.6 Å². The highest BCUT2D eigenvalue weighted by Gasteiger charge is 2.24. The zero-order chi connectivity index (χ0) is 12.7. The van der Waals surface area contributed by atoms with Gasteiger partial charge in [-0.25, -0.2) is 0 Å². The molecular weight excluding hydrogens is 222 g/mol. The highest BCUT2D eigenvalue weighted by Crippen LogP contribution is 2.11. The Bertz CT molecular complexity index is 265. The Morgan fingerprint density at radius 1 is 1.35 bits per heavy atom. The van der Waals surface area contributed by atoms with Crippen LogP contribution < -0.4 is 11.1 Å². The first-order chi connectivity index (χ1) is 8.13. The number of nitrogens with one attached hydrogen (secondary N) is 1. The van der Waals surface area contributed by atoms with Gasteiger partial charge in [0.2, 0.25) is 5.91 Å². The summed E-state index contributed by atoms with van der Waals surface area (Å²) >= 11 is 0. The van der Waals surface area contributed by atoms with Crippen LogP contribution in [0.5, 0.6) is 0 Å². The lowest BCUT2D eigenvalue weighted by atomic mass is 10.0. The van der Waals surface area contributed by atoms with E-state index in [2.05, 4.69) is 5.32 Å². The number of hydrogen-bond donors (Lipinski definition) is 2. The van der Waals surface area contributed by atoms with Crippen LogP contribution in [0.3, 0.4) is 0 Å². The lowest BCUT2D eigenvalue weighted by Crippen LogP contribution is -2.48. The predicted octanol–water partition coefficient (Wildman–Crippen LogP) is -0.911. The minimum absolute atomic E-state index is 0.115. The molecule has 0 saturated carbocycles. The molecule has 0 radical (unpaired) electrons. The summed E-state index contributed by atoms with van der Waals surface area (Å²) < 4.78 is 4.90. The van der Waals surface area contributed by atoms with Crippen molar-refractivity contribution in [2.24, 2.45) is 5.73 Å². The van der Waals surface area contributed by atoms with Gasteiger partial charge in [0.05, 0.1) is 19.7 Å². The van der Waals surface area contributed by atoms with Gasteiger partial charge < -0.3 is 15.8 Å². The van der Waals surface area contributed by atoms with Gasteiger partial charge in [0, 0.05) is 6.04 Å². The molecule has 1 aliphatic heterocycles. The SMILES string of the molecule is CCOC(=O)CN(CC(N)=O)C1CCNCC1. The van der Waals surface area contributed by atoms with Crippen LogP contribution in [0.25, 0.3) is 0 Å². The molecule has 98 valence electrons. The molecule has 0 bridgehead atoms. The third-order valence-corrected chi connectivity index (χ3v) is 2.82. The number of primary amides is 1. The fourth-order valence-corrected chi connectivity index (χ4v) is 2.06. The van der Waals surface area contributed by atoms with E-state index >= 15 is 0 Å². The highest BCUT2D eigenvalue weighted by atomic mass is 16.5. The van der Waals surface area contributed by atoms with Gasteiger partial charge in [-0.2, -0.15) is 0 Å². The van der Waals surface area contributed by atoms with Gasteiger partial charge in [0.25, 0.3) is 0 Å². The Labute approximate surface area is 101 Å². The minimum Gasteiger partial charge on any atom is -0.465 e. The van der Waals surface area contributed by atoms with E-state index in [1.807, 2.05) is 4.90 Å². The average Bonchev–Trinajstić information content (AvgIpc) is 2.29. The Morgan fingerprint density at radius 3 is 2.53 bits per heavy atom. The number of ether oxygens (including phenoxy) is 1. The molecule has 0 atom stereocenters. The maximum Gasteiger partial charge on any atom is 0.320 e. The van der Waals surface area contributed by atoms with Crippen LogP contribution in [0.15, 0.2) is 0 Å². The molecule has 1 amide bonds. The first kappa shape index (κ1) is 13.9. The van der Waals surface area contributed by atoms with E-state index in [9.17, 15) is 9.59 Å². The van der Waals surface area contributed by atoms with Crippen molar-refractivity contribution in [2.75, 3.05) is 32.8 Å². The van der Waals surface area contributed by atoms with E-state index in [0.29, 0.717) is 6.61 Å². The van der Waals surface area contributed by atoms with Crippen LogP contribution in [0, 0.1) is 0 Å². The molecule has 17 heavy (non-hydrogen) atoms. The van der Waals surface area contributed by atoms with Crippen LogP contribution in [0.4, 0.5) is 0 Å². The number of rotatable bonds is 6. The van der Waals surface area contributed by atoms with Gasteiger partial charge in [-0.3, -0.25) is 14.5 Å². The van der Waals surface area contributed by atoms with Crippen molar-refractivity contribution >= 4 is 11.9 Å². The molecule has 0 spiro atoms. The molecule has 6 nitrogen and oxygen atoms in total. The first-order valence-corrected chi connectivity index (χ1v) is 6.02. The largest absolute Gasteiger partial charge is 0.465 e. The summed E-state index contributed by atoms with van der Waals surface area (Å²) in [4.78, 5) is 24.3. The van der Waals surface area contributed by atoms with Crippen molar-refractivity contribution in [3.8, 4) is 0 Å². The fourth-order valence-electron chi connectivity index (χ4n) is 2.06. The molecule has 1 rings (SSSR count). The van der Waals surface area contributed by atoms with E-state index in [4.69, 9.17) is 10.5 Å². The third-order valence-electron chi connectivity index (χ3n) is 2.82. The second-order valence-electron chi connectivity index (χ2n) is 4.16. The van der Waals surface area contributed by atoms with Crippen molar-refractivity contribution in [1.29, 1.82) is 0 Å². The summed E-state index contributed by atoms with van der Waals surface area (Å²) in [5, 5.41) is 3.24. The number of esters is 1. The van der Waals surface area contributed by atoms with Gasteiger partial charge in [-0.05, 0) is 32.9 Å². The van der Waals surface area contributed by atoms with Crippen molar-refractivity contribution in [1.82, 2.24) is 10.2 Å². The maximum absolute atomic E-state index is 11.4. The molecule has 0 aromatic rings. The van der Waals surface area contributed by atoms with E-state index in [1.54, 1.807) is 6.92 Å². The maximum atomic E-state index is 11.4. The number of hydrogen-bond acceptors (Lipinski definition) is 5. The van der Waals surface area contributed by atoms with Crippen LogP contribution in [-0.2, 0) is 14.3 Å². The summed E-state index contributed by atoms with van der Waals surface area (Å²) in [6.45, 7) is 4.19. The van der Waals surface area contributed by atoms with Crippen molar-refractivity contribution < 1.29 is 14.3 Å². The average molecular weight is 243 g/mol. The summed E-state index contributed by atoms with van der Waals surface area (Å²) in [5.41, 5.74) is 5.20. The number of nitrogens with two attached hydrogens (primary N) is 1. The Balaban J connectivity index is 2.52. The molecule has 3 N–H and O–H groups in total. The summed E-state index contributed by atoms with van der Waals surface area (Å²) in [7, 11) is 0. The van der Waals surface area contributed by atoms with Crippen LogP contribution >= 0.6 is 0 Å². The predicted molar refractivity (Wildman–Crippen MR) is 63.3 cm³/mol. The number of carbonyl (C=O) groups excluding carboxylic acids is 2. The second kappa shape index (κ2) is 7.24. The van der Waals surface area contributed by atoms with Gasteiger partial charge in [0.1, 0.15) is 0 Å². The van der Waals surface area contributed by atoms with Crippen LogP contribution in [0.2, 0.25) is 0 Å². The second-order valence-corrected chi connectivity index (χ2v) is 4.16. The Kier molecular flexibility index (Phi) is 5.93. The lowest BCUT2D eigenvalue weighted by Gasteiger charge is -2.32. The molecule has 0 unspecified atom stereocenters. The molecule has 1 aliphatic rings. The van der Waals surface area contributed by atoms with E-state index in [0.717, 1.165) is 25.9 Å². The normalized spacial score (nSPS) is 17.1. The smallest absolute Gasteiger partial charge is 0.320 e. The quantitative estimate of drug-likeness (QED) is 0.590. The summed E-state index contributed by atoms with van der Waals surface area (Å²) in [6, 6.07) is 0.230. The number of carbonyl (C=O) groups is 2. The van der Waals surface area contributed by atoms with Crippen molar-refractivity contribution in [3.63, 3.8) is 0 Å². The highest BCUT2D eigenvalue weighted by molar-refractivity contribution is 5.77. The number of piperidine rings is 1. The number of nitrogens with zero attached hydrogens (tertiary/aromatic N) is 1. The monoisotopic (exact) mass is 243 g/mol. The third kappa shape index (κ3) is 5.14. The van der Waals surface area contributed by atoms with Gasteiger partial charge in [-0.15, -0.1) is 0 Å². The van der Waals surface area contributed by atoms with Gasteiger partial charge in [-0.1, -0.05) is 0 Å². The molecular formula is C11H21N3O3. The van der Waals surface area contributed by atoms with Gasteiger partial charge >= 0.3 is 5.97 Å². The van der Waals surface area contributed by atoms with Crippen LogP contribution in [0.1, 0.15) is 19.8 Å². The molecule has 6 heteroatoms. The molecule has 1 heterocycles. The topological polar surface area (TPSA) is 84.7 Å². The standard InChI is InChI=1S/C11H21N3O3/c1-2-17-11(16)8-14(7-10(12)15)9-3-5-13-6-4-9/h9,13H,2-8H2,1H3,(H2,12,15). The van der Waals surface area contributed by atoms with E-state index in [-0.39, 0.29) is 25.1 Å². The Hall–Kier alpha value is -1.14. The molecule has 0 aromatic carbocycles. The number of amides is 1. The zero-order valence-electron chi connectivity index (χ0n) is 10.3. The zero-order valence-corrected chi connectivity index (χ0v) is 10.3. The molecule has 0 aromatic heterocycles. The van der Waals surface area contributed by atoms with E-state index < -0.39 is 5.91 Å². The van der Waals surface area contributed by atoms with Gasteiger partial charge in [0.15, 0.2) is 0 Å². The summed E-state index contributed by atoms with van der Waals surface area (Å²) in [6.07, 6.45) is 1.85.